The molecule has 0 atom stereocenters. The molecule has 0 saturated carbocycles. The van der Waals surface area contributed by atoms with Crippen molar-refractivity contribution in [2.45, 2.75) is 5.92 Å². The highest BCUT2D eigenvalue weighted by molar-refractivity contribution is 14.1. The molecule has 1 aliphatic rings. The molecule has 0 radical (unpaired) electrons. The smallest absolute Gasteiger partial charge is 0.282 e. The first-order valence-electron chi connectivity index (χ1n) is 4.51. The molecule has 2 nitrogen and oxygen atoms in total. The fourth-order valence-corrected chi connectivity index (χ4v) is 2.43. The molecule has 1 amide bonds. The molecule has 0 bridgehead atoms. The molecule has 1 heterocycles. The molecule has 1 fully saturated rings. The highest BCUT2D eigenvalue weighted by Crippen LogP contribution is 2.29. The summed E-state index contributed by atoms with van der Waals surface area (Å²) >= 11 is 7.94. The topological polar surface area (TPSA) is 20.3 Å². The number of carbonyl (C=O) groups excluding carboxylic acids is 1. The quantitative estimate of drug-likeness (QED) is 0.708. The van der Waals surface area contributed by atoms with E-state index in [1.807, 2.05) is 0 Å². The van der Waals surface area contributed by atoms with Crippen LogP contribution in [0.15, 0.2) is 18.2 Å². The van der Waals surface area contributed by atoms with Gasteiger partial charge in [-0.05, 0) is 40.8 Å². The molecule has 0 aliphatic carbocycles. The molecule has 6 heteroatoms. The number of likely N-dealkylation sites (tertiary alicyclic amines) is 1. The largest absolute Gasteiger partial charge is 0.326 e. The summed E-state index contributed by atoms with van der Waals surface area (Å²) in [6, 6.07) is 4.91. The first-order chi connectivity index (χ1) is 7.39. The third-order valence-corrected chi connectivity index (χ3v) is 3.28. The highest BCUT2D eigenvalue weighted by Gasteiger charge is 2.46. The van der Waals surface area contributed by atoms with E-state index in [2.05, 4.69) is 22.6 Å². The molecule has 2 rings (SSSR count). The van der Waals surface area contributed by atoms with E-state index in [1.54, 1.807) is 18.2 Å². The van der Waals surface area contributed by atoms with E-state index >= 15 is 0 Å². The van der Waals surface area contributed by atoms with Crippen molar-refractivity contribution in [1.82, 2.24) is 4.90 Å². The molecule has 1 saturated heterocycles. The first-order valence-corrected chi connectivity index (χ1v) is 5.97. The first kappa shape index (κ1) is 12.0. The zero-order chi connectivity index (χ0) is 11.9. The molecule has 0 N–H and O–H groups in total. The van der Waals surface area contributed by atoms with E-state index in [0.29, 0.717) is 5.02 Å². The predicted molar refractivity (Wildman–Crippen MR) is 65.0 cm³/mol. The number of alkyl halides is 2. The minimum absolute atomic E-state index is 0.276. The van der Waals surface area contributed by atoms with Crippen molar-refractivity contribution in [3.63, 3.8) is 0 Å². The molecule has 16 heavy (non-hydrogen) atoms. The number of carbonyl (C=O) groups is 1. The summed E-state index contributed by atoms with van der Waals surface area (Å²) in [6.45, 7) is -1.04. The Bertz CT molecular complexity index is 444. The van der Waals surface area contributed by atoms with Gasteiger partial charge in [-0.15, -0.1) is 0 Å². The summed E-state index contributed by atoms with van der Waals surface area (Å²) in [7, 11) is 0. The summed E-state index contributed by atoms with van der Waals surface area (Å²) in [5, 5.41) is 0.298. The van der Waals surface area contributed by atoms with Crippen molar-refractivity contribution in [3.8, 4) is 0 Å². The molecular formula is C10H7ClF2INO. The molecule has 86 valence electrons. The lowest BCUT2D eigenvalue weighted by atomic mass is 10.1. The predicted octanol–water partition coefficient (Wildman–Crippen LogP) is 3.04. The molecule has 0 aromatic heterocycles. The number of halogens is 4. The number of benzene rings is 1. The molecule has 0 spiro atoms. The molecule has 1 aromatic carbocycles. The van der Waals surface area contributed by atoms with Crippen molar-refractivity contribution in [2.75, 3.05) is 13.1 Å². The number of hydrogen-bond donors (Lipinski definition) is 0. The summed E-state index contributed by atoms with van der Waals surface area (Å²) in [6.07, 6.45) is 0. The minimum Gasteiger partial charge on any atom is -0.326 e. The van der Waals surface area contributed by atoms with Crippen molar-refractivity contribution < 1.29 is 13.6 Å². The van der Waals surface area contributed by atoms with Crippen molar-refractivity contribution in [1.29, 1.82) is 0 Å². The van der Waals surface area contributed by atoms with Crippen LogP contribution in [0.25, 0.3) is 0 Å². The fraction of sp³-hybridized carbons (Fsp3) is 0.300. The standard InChI is InChI=1S/C10H7ClF2INO/c11-8-3-6(14)1-2-7(8)9(16)15-4-10(12,13)5-15/h1-3H,4-5H2. The van der Waals surface area contributed by atoms with Crippen LogP contribution in [0.2, 0.25) is 5.02 Å². The third kappa shape index (κ3) is 2.29. The van der Waals surface area contributed by atoms with Gasteiger partial charge in [-0.2, -0.15) is 0 Å². The van der Waals surface area contributed by atoms with Crippen LogP contribution in [-0.2, 0) is 0 Å². The van der Waals surface area contributed by atoms with Gasteiger partial charge < -0.3 is 4.90 Å². The van der Waals surface area contributed by atoms with Gasteiger partial charge in [0, 0.05) is 3.57 Å². The fourth-order valence-electron chi connectivity index (χ4n) is 1.49. The lowest BCUT2D eigenvalue weighted by Crippen LogP contribution is -2.58. The Morgan fingerprint density at radius 2 is 2.06 bits per heavy atom. The zero-order valence-electron chi connectivity index (χ0n) is 8.01. The number of nitrogens with zero attached hydrogens (tertiary/aromatic N) is 1. The van der Waals surface area contributed by atoms with Gasteiger partial charge in [-0.1, -0.05) is 11.6 Å². The van der Waals surface area contributed by atoms with Crippen LogP contribution in [0.3, 0.4) is 0 Å². The number of hydrogen-bond acceptors (Lipinski definition) is 1. The van der Waals surface area contributed by atoms with Crippen LogP contribution in [0.4, 0.5) is 8.78 Å². The van der Waals surface area contributed by atoms with Crippen molar-refractivity contribution in [2.24, 2.45) is 0 Å². The summed E-state index contributed by atoms with van der Waals surface area (Å²) in [5.41, 5.74) is 0.276. The van der Waals surface area contributed by atoms with E-state index in [9.17, 15) is 13.6 Å². The maximum Gasteiger partial charge on any atom is 0.282 e. The van der Waals surface area contributed by atoms with Crippen LogP contribution in [0.5, 0.6) is 0 Å². The highest BCUT2D eigenvalue weighted by atomic mass is 127. The summed E-state index contributed by atoms with van der Waals surface area (Å²) in [4.78, 5) is 12.8. The van der Waals surface area contributed by atoms with E-state index in [-0.39, 0.29) is 5.56 Å². The van der Waals surface area contributed by atoms with Gasteiger partial charge in [-0.3, -0.25) is 4.79 Å². The Morgan fingerprint density at radius 1 is 1.44 bits per heavy atom. The zero-order valence-corrected chi connectivity index (χ0v) is 10.9. The Labute approximate surface area is 110 Å². The lowest BCUT2D eigenvalue weighted by molar-refractivity contribution is -0.113. The van der Waals surface area contributed by atoms with Crippen LogP contribution >= 0.6 is 34.2 Å². The molecule has 0 unspecified atom stereocenters. The van der Waals surface area contributed by atoms with Gasteiger partial charge in [0.15, 0.2) is 0 Å². The van der Waals surface area contributed by atoms with Gasteiger partial charge in [0.2, 0.25) is 0 Å². The van der Waals surface area contributed by atoms with Gasteiger partial charge in [0.05, 0.1) is 23.7 Å². The third-order valence-electron chi connectivity index (χ3n) is 2.29. The van der Waals surface area contributed by atoms with E-state index in [0.717, 1.165) is 8.47 Å². The average molecular weight is 358 g/mol. The molecular weight excluding hydrogens is 350 g/mol. The second-order valence-corrected chi connectivity index (χ2v) is 5.29. The van der Waals surface area contributed by atoms with Gasteiger partial charge >= 0.3 is 0 Å². The summed E-state index contributed by atoms with van der Waals surface area (Å²) < 4.78 is 26.1. The van der Waals surface area contributed by atoms with Gasteiger partial charge in [0.25, 0.3) is 11.8 Å². The SMILES string of the molecule is O=C(c1ccc(I)cc1Cl)N1CC(F)(F)C1. The van der Waals surface area contributed by atoms with Crippen LogP contribution in [0.1, 0.15) is 10.4 Å². The maximum absolute atomic E-state index is 12.6. The van der Waals surface area contributed by atoms with Crippen molar-refractivity contribution in [3.05, 3.63) is 32.4 Å². The summed E-state index contributed by atoms with van der Waals surface area (Å²) in [5.74, 6) is -3.18. The Kier molecular flexibility index (Phi) is 3.09. The van der Waals surface area contributed by atoms with E-state index in [4.69, 9.17) is 11.6 Å². The minimum atomic E-state index is -2.74. The number of amides is 1. The van der Waals surface area contributed by atoms with Crippen molar-refractivity contribution >= 4 is 40.1 Å². The molecule has 1 aliphatic heterocycles. The monoisotopic (exact) mass is 357 g/mol. The number of rotatable bonds is 1. The van der Waals surface area contributed by atoms with E-state index in [1.165, 1.54) is 0 Å². The second-order valence-electron chi connectivity index (χ2n) is 3.64. The normalized spacial score (nSPS) is 18.1. The lowest BCUT2D eigenvalue weighted by Gasteiger charge is -2.38. The second kappa shape index (κ2) is 4.10. The van der Waals surface area contributed by atoms with E-state index < -0.39 is 24.9 Å². The Morgan fingerprint density at radius 3 is 2.56 bits per heavy atom. The maximum atomic E-state index is 12.6. The Balaban J connectivity index is 2.16. The van der Waals surface area contributed by atoms with Crippen LogP contribution in [-0.4, -0.2) is 29.8 Å². The van der Waals surface area contributed by atoms with Crippen LogP contribution in [0, 0.1) is 3.57 Å². The van der Waals surface area contributed by atoms with Crippen LogP contribution < -0.4 is 0 Å². The van der Waals surface area contributed by atoms with Gasteiger partial charge in [-0.25, -0.2) is 8.78 Å². The Hall–Kier alpha value is -0.430. The molecule has 1 aromatic rings. The average Bonchev–Trinajstić information content (AvgIpc) is 2.13. The van der Waals surface area contributed by atoms with Gasteiger partial charge in [0.1, 0.15) is 0 Å².